The lowest BCUT2D eigenvalue weighted by Gasteiger charge is -2.46. The summed E-state index contributed by atoms with van der Waals surface area (Å²) in [4.78, 5) is 5.41. The Morgan fingerprint density at radius 1 is 0.220 bits per heavy atom. The molecule has 2 aliphatic heterocycles. The standard InChI is InChI=1S/C104H77BN2O2/c1-103(2,3)80-53-76(54-81(65-80)104(4,5)6)79-63-94-100-95(64-79)107(102-86(70-37-21-11-22-38-70)59-78(67-31-15-8-16-32-67)60-87(102)71-39-23-12-24-40-71)93-62-75(73-48-52-99-89(56-73)83-42-26-28-44-97(83)109-99)46-50-91(93)105(100)90-49-45-74(72-47-51-98-88(55-72)82-41-25-27-43-96(82)108-98)61-92(90)106(94)101-84(68-33-17-9-18-34-68)57-77(66-29-13-7-14-30-66)58-85(101)69-35-19-10-20-36-69/h7-65H,1-6H3. The zero-order valence-electron chi connectivity index (χ0n) is 61.9. The number of hydrogen-bond donors (Lipinski definition) is 0. The van der Waals surface area contributed by atoms with Crippen LogP contribution in [-0.4, -0.2) is 6.71 Å². The monoisotopic (exact) mass is 1400 g/mol. The number of para-hydroxylation sites is 2. The van der Waals surface area contributed by atoms with Gasteiger partial charge >= 0.3 is 0 Å². The van der Waals surface area contributed by atoms with Crippen molar-refractivity contribution in [3.8, 4) is 100 Å². The molecule has 0 radical (unpaired) electrons. The van der Waals surface area contributed by atoms with Crippen LogP contribution >= 0.6 is 0 Å². The average molecular weight is 1400 g/mol. The maximum absolute atomic E-state index is 6.56. The molecule has 20 rings (SSSR count). The van der Waals surface area contributed by atoms with Crippen LogP contribution in [0.25, 0.3) is 144 Å². The first-order valence-electron chi connectivity index (χ1n) is 38.0. The van der Waals surface area contributed by atoms with Gasteiger partial charge < -0.3 is 18.6 Å². The van der Waals surface area contributed by atoms with Gasteiger partial charge in [-0.15, -0.1) is 0 Å². The maximum atomic E-state index is 6.56. The molecular formula is C104H77BN2O2. The summed E-state index contributed by atoms with van der Waals surface area (Å²) in [6.07, 6.45) is 0. The first-order valence-corrected chi connectivity index (χ1v) is 38.0. The van der Waals surface area contributed by atoms with Crippen molar-refractivity contribution >= 4 is 101 Å². The van der Waals surface area contributed by atoms with E-state index in [1.165, 1.54) is 27.5 Å². The maximum Gasteiger partial charge on any atom is 0.252 e. The topological polar surface area (TPSA) is 32.8 Å². The van der Waals surface area contributed by atoms with Crippen LogP contribution in [0.3, 0.4) is 0 Å². The zero-order chi connectivity index (χ0) is 73.2. The van der Waals surface area contributed by atoms with E-state index in [1.807, 2.05) is 0 Å². The fourth-order valence-corrected chi connectivity index (χ4v) is 17.2. The summed E-state index contributed by atoms with van der Waals surface area (Å²) >= 11 is 0. The highest BCUT2D eigenvalue weighted by atomic mass is 16.3. The lowest BCUT2D eigenvalue weighted by atomic mass is 9.33. The van der Waals surface area contributed by atoms with Crippen molar-refractivity contribution in [2.75, 3.05) is 9.80 Å². The summed E-state index contributed by atoms with van der Waals surface area (Å²) in [5, 5.41) is 4.36. The molecule has 2 aliphatic rings. The molecule has 4 heterocycles. The van der Waals surface area contributed by atoms with Crippen LogP contribution in [-0.2, 0) is 10.8 Å². The highest BCUT2D eigenvalue weighted by Gasteiger charge is 2.46. The normalized spacial score (nSPS) is 12.6. The van der Waals surface area contributed by atoms with Gasteiger partial charge in [0.25, 0.3) is 6.71 Å². The third kappa shape index (κ3) is 11.3. The molecule has 5 heteroatoms. The molecule has 0 amide bonds. The lowest BCUT2D eigenvalue weighted by molar-refractivity contribution is 0.569. The number of benzene rings is 16. The van der Waals surface area contributed by atoms with Crippen molar-refractivity contribution in [3.05, 3.63) is 369 Å². The van der Waals surface area contributed by atoms with Gasteiger partial charge in [0.1, 0.15) is 22.3 Å². The minimum absolute atomic E-state index is 0.185. The molecule has 0 atom stereocenters. The van der Waals surface area contributed by atoms with Crippen LogP contribution in [0, 0.1) is 0 Å². The number of nitrogens with zero attached hydrogens (tertiary/aromatic N) is 2. The van der Waals surface area contributed by atoms with E-state index in [-0.39, 0.29) is 17.5 Å². The van der Waals surface area contributed by atoms with E-state index in [0.717, 1.165) is 178 Å². The number of fused-ring (bicyclic) bond motifs is 10. The fourth-order valence-electron chi connectivity index (χ4n) is 17.2. The average Bonchev–Trinajstić information content (AvgIpc) is 1.31. The molecule has 518 valence electrons. The molecule has 109 heavy (non-hydrogen) atoms. The van der Waals surface area contributed by atoms with E-state index in [0.29, 0.717) is 0 Å². The molecule has 4 nitrogen and oxygen atoms in total. The second kappa shape index (κ2) is 25.8. The van der Waals surface area contributed by atoms with E-state index >= 15 is 0 Å². The molecule has 0 fully saturated rings. The van der Waals surface area contributed by atoms with Gasteiger partial charge in [-0.25, -0.2) is 0 Å². The van der Waals surface area contributed by atoms with E-state index in [2.05, 4.69) is 409 Å². The predicted molar refractivity (Wildman–Crippen MR) is 461 cm³/mol. The third-order valence-corrected chi connectivity index (χ3v) is 22.7. The summed E-state index contributed by atoms with van der Waals surface area (Å²) in [6, 6.07) is 134. The predicted octanol–water partition coefficient (Wildman–Crippen LogP) is 27.2. The van der Waals surface area contributed by atoms with Crippen LogP contribution in [0.4, 0.5) is 34.1 Å². The lowest BCUT2D eigenvalue weighted by Crippen LogP contribution is -2.61. The summed E-state index contributed by atoms with van der Waals surface area (Å²) in [7, 11) is 0. The van der Waals surface area contributed by atoms with Gasteiger partial charge in [-0.05, 0) is 201 Å². The van der Waals surface area contributed by atoms with Gasteiger partial charge in [-0.3, -0.25) is 0 Å². The van der Waals surface area contributed by atoms with Crippen LogP contribution < -0.4 is 26.2 Å². The number of rotatable bonds is 11. The molecule has 0 unspecified atom stereocenters. The Hall–Kier alpha value is -13.2. The summed E-state index contributed by atoms with van der Waals surface area (Å²) in [6.45, 7) is 13.9. The van der Waals surface area contributed by atoms with Crippen molar-refractivity contribution in [1.82, 2.24) is 0 Å². The molecule has 18 aromatic rings. The molecule has 0 spiro atoms. The van der Waals surface area contributed by atoms with Crippen molar-refractivity contribution in [3.63, 3.8) is 0 Å². The van der Waals surface area contributed by atoms with Gasteiger partial charge in [-0.2, -0.15) is 0 Å². The largest absolute Gasteiger partial charge is 0.456 e. The number of anilines is 6. The SMILES string of the molecule is CC(C)(C)c1cc(-c2cc3c4c(c2)N(c2c(-c5ccccc5)cc(-c5ccccc5)cc2-c2ccccc2)c2cc(-c5ccc6oc7ccccc7c6c5)ccc2B4c2ccc(-c4ccc5oc6ccccc6c5c4)cc2N3c2c(-c3ccccc3)cc(-c3ccccc3)cc2-c2ccccc2)cc(C(C)(C)C)c1. The molecule has 0 saturated carbocycles. The second-order valence-corrected chi connectivity index (χ2v) is 31.5. The van der Waals surface area contributed by atoms with E-state index in [1.54, 1.807) is 0 Å². The minimum atomic E-state index is -0.292. The Kier molecular flexibility index (Phi) is 15.5. The van der Waals surface area contributed by atoms with Gasteiger partial charge in [0, 0.05) is 66.5 Å². The molecule has 16 aromatic carbocycles. The summed E-state index contributed by atoms with van der Waals surface area (Å²) < 4.78 is 13.1. The number of hydrogen-bond acceptors (Lipinski definition) is 4. The van der Waals surface area contributed by atoms with E-state index in [9.17, 15) is 0 Å². The smallest absolute Gasteiger partial charge is 0.252 e. The van der Waals surface area contributed by atoms with Crippen molar-refractivity contribution in [1.29, 1.82) is 0 Å². The Morgan fingerprint density at radius 3 is 0.862 bits per heavy atom. The van der Waals surface area contributed by atoms with Crippen LogP contribution in [0.1, 0.15) is 52.7 Å². The van der Waals surface area contributed by atoms with E-state index < -0.39 is 0 Å². The fraction of sp³-hybridized carbons (Fsp3) is 0.0769. The van der Waals surface area contributed by atoms with Crippen molar-refractivity contribution in [2.45, 2.75) is 52.4 Å². The minimum Gasteiger partial charge on any atom is -0.456 e. The Bertz CT molecular complexity index is 6090. The molecule has 2 aromatic heterocycles. The molecule has 0 bridgehead atoms. The Morgan fingerprint density at radius 2 is 0.505 bits per heavy atom. The van der Waals surface area contributed by atoms with Crippen LogP contribution in [0.5, 0.6) is 0 Å². The van der Waals surface area contributed by atoms with Crippen molar-refractivity contribution < 1.29 is 8.83 Å². The highest BCUT2D eigenvalue weighted by molar-refractivity contribution is 7.00. The first kappa shape index (κ1) is 65.3. The zero-order valence-corrected chi connectivity index (χ0v) is 61.9. The van der Waals surface area contributed by atoms with Gasteiger partial charge in [0.2, 0.25) is 0 Å². The van der Waals surface area contributed by atoms with Gasteiger partial charge in [0.05, 0.1) is 11.4 Å². The highest BCUT2D eigenvalue weighted by Crippen LogP contribution is 2.56. The third-order valence-electron chi connectivity index (χ3n) is 22.7. The number of furan rings is 2. The van der Waals surface area contributed by atoms with Gasteiger partial charge in [0.15, 0.2) is 0 Å². The van der Waals surface area contributed by atoms with Gasteiger partial charge in [-0.1, -0.05) is 315 Å². The summed E-state index contributed by atoms with van der Waals surface area (Å²) in [5.41, 5.74) is 35.9. The Labute approximate surface area is 637 Å². The van der Waals surface area contributed by atoms with Crippen LogP contribution in [0.2, 0.25) is 0 Å². The molecule has 0 N–H and O–H groups in total. The quantitative estimate of drug-likeness (QED) is 0.121. The molecule has 0 aliphatic carbocycles. The second-order valence-electron chi connectivity index (χ2n) is 31.5. The van der Waals surface area contributed by atoms with Crippen molar-refractivity contribution in [2.24, 2.45) is 0 Å². The Balaban J connectivity index is 0.976. The van der Waals surface area contributed by atoms with E-state index in [4.69, 9.17) is 8.83 Å². The first-order chi connectivity index (χ1) is 53.3. The van der Waals surface area contributed by atoms with Crippen LogP contribution in [0.15, 0.2) is 367 Å². The molecule has 0 saturated heterocycles. The molecular weight excluding hydrogens is 1320 g/mol. The summed E-state index contributed by atoms with van der Waals surface area (Å²) in [5.74, 6) is 0.